The van der Waals surface area contributed by atoms with Gasteiger partial charge in [-0.25, -0.2) is 0 Å². The van der Waals surface area contributed by atoms with Crippen molar-refractivity contribution in [2.24, 2.45) is 5.92 Å². The largest absolute Gasteiger partial charge is 0.392 e. The van der Waals surface area contributed by atoms with E-state index in [1.807, 2.05) is 0 Å². The molecule has 0 rings (SSSR count). The van der Waals surface area contributed by atoms with E-state index in [0.29, 0.717) is 0 Å². The van der Waals surface area contributed by atoms with Crippen LogP contribution >= 0.6 is 0 Å². The van der Waals surface area contributed by atoms with Gasteiger partial charge in [0.1, 0.15) is 0 Å². The lowest BCUT2D eigenvalue weighted by Crippen LogP contribution is -2.29. The molecule has 0 saturated carbocycles. The predicted octanol–water partition coefficient (Wildman–Crippen LogP) is 1.40. The molecule has 4 heteroatoms. The Bertz CT molecular complexity index is 78.8. The van der Waals surface area contributed by atoms with Crippen LogP contribution in [-0.4, -0.2) is 19.8 Å². The van der Waals surface area contributed by atoms with Gasteiger partial charge in [-0.3, -0.25) is 0 Å². The van der Waals surface area contributed by atoms with Crippen molar-refractivity contribution < 1.29 is 13.2 Å². The van der Waals surface area contributed by atoms with Gasteiger partial charge in [0.05, 0.1) is 5.92 Å². The lowest BCUT2D eigenvalue weighted by molar-refractivity contribution is -0.167. The monoisotopic (exact) mass is 141 g/mol. The number of nitrogens with one attached hydrogen (secondary N) is 1. The summed E-state index contributed by atoms with van der Waals surface area (Å²) in [5, 5.41) is 2.45. The van der Waals surface area contributed by atoms with E-state index >= 15 is 0 Å². The Morgan fingerprint density at radius 3 is 2.00 bits per heavy atom. The third-order valence-corrected chi connectivity index (χ3v) is 1.07. The molecule has 0 aromatic rings. The highest BCUT2D eigenvalue weighted by Crippen LogP contribution is 2.24. The number of hydrogen-bond acceptors (Lipinski definition) is 1. The average molecular weight is 141 g/mol. The Morgan fingerprint density at radius 1 is 1.44 bits per heavy atom. The van der Waals surface area contributed by atoms with E-state index in [-0.39, 0.29) is 6.54 Å². The maximum absolute atomic E-state index is 11.6. The first-order valence-electron chi connectivity index (χ1n) is 2.69. The highest BCUT2D eigenvalue weighted by molar-refractivity contribution is 4.62. The maximum atomic E-state index is 11.6. The van der Waals surface area contributed by atoms with Crippen molar-refractivity contribution >= 4 is 0 Å². The smallest absolute Gasteiger partial charge is 0.319 e. The third-order valence-electron chi connectivity index (χ3n) is 1.07. The van der Waals surface area contributed by atoms with E-state index in [1.54, 1.807) is 0 Å². The zero-order chi connectivity index (χ0) is 7.49. The topological polar surface area (TPSA) is 12.0 Å². The van der Waals surface area contributed by atoms with E-state index in [4.69, 9.17) is 0 Å². The van der Waals surface area contributed by atoms with Crippen LogP contribution < -0.4 is 5.32 Å². The first kappa shape index (κ1) is 8.75. The van der Waals surface area contributed by atoms with Crippen LogP contribution in [0.4, 0.5) is 13.2 Å². The molecular formula is C5H10F3N. The summed E-state index contributed by atoms with van der Waals surface area (Å²) in [4.78, 5) is 0. The molecule has 0 aromatic heterocycles. The van der Waals surface area contributed by atoms with Gasteiger partial charge in [0.15, 0.2) is 0 Å². The van der Waals surface area contributed by atoms with E-state index in [9.17, 15) is 13.2 Å². The van der Waals surface area contributed by atoms with Crippen LogP contribution in [0.1, 0.15) is 6.92 Å². The molecular weight excluding hydrogens is 131 g/mol. The molecule has 9 heavy (non-hydrogen) atoms. The molecule has 1 unspecified atom stereocenters. The molecule has 0 aliphatic carbocycles. The number of rotatable bonds is 2. The molecule has 0 heterocycles. The first-order chi connectivity index (χ1) is 3.98. The van der Waals surface area contributed by atoms with Crippen LogP contribution in [0.2, 0.25) is 0 Å². The van der Waals surface area contributed by atoms with Crippen LogP contribution in [0.25, 0.3) is 0 Å². The zero-order valence-corrected chi connectivity index (χ0v) is 5.42. The molecule has 0 radical (unpaired) electrons. The van der Waals surface area contributed by atoms with Crippen LogP contribution in [0.15, 0.2) is 0 Å². The van der Waals surface area contributed by atoms with Gasteiger partial charge >= 0.3 is 6.18 Å². The molecule has 1 atom stereocenters. The molecule has 0 aliphatic rings. The van der Waals surface area contributed by atoms with Crippen molar-refractivity contribution in [3.63, 3.8) is 0 Å². The summed E-state index contributed by atoms with van der Waals surface area (Å²) in [6, 6.07) is 0. The lowest BCUT2D eigenvalue weighted by atomic mass is 10.2. The first-order valence-corrected chi connectivity index (χ1v) is 2.69. The van der Waals surface area contributed by atoms with Gasteiger partial charge in [-0.15, -0.1) is 0 Å². The fourth-order valence-corrected chi connectivity index (χ4v) is 0.422. The SMILES string of the molecule is CNCC(C)C(F)(F)F. The molecule has 0 saturated heterocycles. The van der Waals surface area contributed by atoms with Gasteiger partial charge in [0.2, 0.25) is 0 Å². The number of alkyl halides is 3. The molecule has 0 fully saturated rings. The van der Waals surface area contributed by atoms with Gasteiger partial charge in [0, 0.05) is 6.54 Å². The zero-order valence-electron chi connectivity index (χ0n) is 5.42. The van der Waals surface area contributed by atoms with Crippen molar-refractivity contribution in [1.82, 2.24) is 5.32 Å². The molecule has 1 nitrogen and oxygen atoms in total. The molecule has 0 aromatic carbocycles. The molecule has 0 amide bonds. The summed E-state index contributed by atoms with van der Waals surface area (Å²) in [5.74, 6) is -1.25. The molecule has 56 valence electrons. The minimum Gasteiger partial charge on any atom is -0.319 e. The number of halogens is 3. The van der Waals surface area contributed by atoms with Gasteiger partial charge in [0.25, 0.3) is 0 Å². The van der Waals surface area contributed by atoms with Crippen molar-refractivity contribution in [3.05, 3.63) is 0 Å². The third kappa shape index (κ3) is 3.35. The summed E-state index contributed by atoms with van der Waals surface area (Å²) in [5.41, 5.74) is 0. The lowest BCUT2D eigenvalue weighted by Gasteiger charge is -2.13. The summed E-state index contributed by atoms with van der Waals surface area (Å²) in [6.07, 6.45) is -4.05. The molecule has 1 N–H and O–H groups in total. The van der Waals surface area contributed by atoms with Crippen LogP contribution in [-0.2, 0) is 0 Å². The Balaban J connectivity index is 3.59. The molecule has 0 bridgehead atoms. The molecule has 0 spiro atoms. The second-order valence-corrected chi connectivity index (χ2v) is 2.00. The van der Waals surface area contributed by atoms with Crippen molar-refractivity contribution in [1.29, 1.82) is 0 Å². The van der Waals surface area contributed by atoms with Crippen molar-refractivity contribution in [3.8, 4) is 0 Å². The quantitative estimate of drug-likeness (QED) is 0.613. The number of hydrogen-bond donors (Lipinski definition) is 1. The Labute approximate surface area is 52.2 Å². The fourth-order valence-electron chi connectivity index (χ4n) is 0.422. The summed E-state index contributed by atoms with van der Waals surface area (Å²) in [6.45, 7) is 1.14. The Kier molecular flexibility index (Phi) is 2.97. The van der Waals surface area contributed by atoms with Crippen molar-refractivity contribution in [2.75, 3.05) is 13.6 Å². The second kappa shape index (κ2) is 3.06. The predicted molar refractivity (Wildman–Crippen MR) is 29.1 cm³/mol. The second-order valence-electron chi connectivity index (χ2n) is 2.00. The summed E-state index contributed by atoms with van der Waals surface area (Å²) in [7, 11) is 1.50. The normalized spacial score (nSPS) is 15.7. The van der Waals surface area contributed by atoms with E-state index in [0.717, 1.165) is 6.92 Å². The van der Waals surface area contributed by atoms with Gasteiger partial charge in [-0.05, 0) is 7.05 Å². The average Bonchev–Trinajstić information content (AvgIpc) is 1.64. The maximum Gasteiger partial charge on any atom is 0.392 e. The van der Waals surface area contributed by atoms with Crippen LogP contribution in [0.5, 0.6) is 0 Å². The standard InChI is InChI=1S/C5H10F3N/c1-4(3-9-2)5(6,7)8/h4,9H,3H2,1-2H3. The minimum atomic E-state index is -4.05. The van der Waals surface area contributed by atoms with Crippen LogP contribution in [0.3, 0.4) is 0 Å². The minimum absolute atomic E-state index is 0.0104. The summed E-state index contributed by atoms with van der Waals surface area (Å²) >= 11 is 0. The van der Waals surface area contributed by atoms with Crippen LogP contribution in [0, 0.1) is 5.92 Å². The van der Waals surface area contributed by atoms with Gasteiger partial charge in [-0.2, -0.15) is 13.2 Å². The van der Waals surface area contributed by atoms with E-state index < -0.39 is 12.1 Å². The highest BCUT2D eigenvalue weighted by atomic mass is 19.4. The Morgan fingerprint density at radius 2 is 1.89 bits per heavy atom. The Hall–Kier alpha value is -0.250. The molecule has 0 aliphatic heterocycles. The van der Waals surface area contributed by atoms with Gasteiger partial charge < -0.3 is 5.32 Å². The fraction of sp³-hybridized carbons (Fsp3) is 1.00. The summed E-state index contributed by atoms with van der Waals surface area (Å²) < 4.78 is 34.8. The van der Waals surface area contributed by atoms with Gasteiger partial charge in [-0.1, -0.05) is 6.92 Å². The van der Waals surface area contributed by atoms with E-state index in [1.165, 1.54) is 7.05 Å². The van der Waals surface area contributed by atoms with E-state index in [2.05, 4.69) is 5.32 Å². The highest BCUT2D eigenvalue weighted by Gasteiger charge is 2.34. The van der Waals surface area contributed by atoms with Crippen molar-refractivity contribution in [2.45, 2.75) is 13.1 Å².